The monoisotopic (exact) mass is 453 g/mol. The molecule has 7 heteroatoms. The van der Waals surface area contributed by atoms with Gasteiger partial charge in [-0.25, -0.2) is 13.6 Å². The van der Waals surface area contributed by atoms with Gasteiger partial charge >= 0.3 is 6.03 Å². The molecule has 1 fully saturated rings. The minimum absolute atomic E-state index is 0.0237. The lowest BCUT2D eigenvalue weighted by Crippen LogP contribution is -2.48. The predicted octanol–water partition coefficient (Wildman–Crippen LogP) is 5.56. The van der Waals surface area contributed by atoms with E-state index in [1.165, 1.54) is 24.3 Å². The summed E-state index contributed by atoms with van der Waals surface area (Å²) in [6, 6.07) is 8.63. The molecule has 174 valence electrons. The van der Waals surface area contributed by atoms with Gasteiger partial charge in [0.25, 0.3) is 5.91 Å². The lowest BCUT2D eigenvalue weighted by molar-refractivity contribution is -0.123. The number of rotatable bonds is 5. The van der Waals surface area contributed by atoms with Crippen molar-refractivity contribution in [3.05, 3.63) is 70.4 Å². The molecule has 33 heavy (non-hydrogen) atoms. The maximum absolute atomic E-state index is 15.2. The summed E-state index contributed by atoms with van der Waals surface area (Å²) >= 11 is 0. The van der Waals surface area contributed by atoms with Crippen molar-refractivity contribution in [2.75, 3.05) is 11.4 Å². The Morgan fingerprint density at radius 3 is 2.58 bits per heavy atom. The van der Waals surface area contributed by atoms with Crippen molar-refractivity contribution >= 4 is 23.7 Å². The summed E-state index contributed by atoms with van der Waals surface area (Å²) in [6.07, 6.45) is 3.24. The smallest absolute Gasteiger partial charge is 0.329 e. The van der Waals surface area contributed by atoms with Gasteiger partial charge < -0.3 is 10.2 Å². The van der Waals surface area contributed by atoms with Gasteiger partial charge in [0.2, 0.25) is 0 Å². The molecule has 4 rings (SSSR count). The van der Waals surface area contributed by atoms with Gasteiger partial charge in [-0.15, -0.1) is 0 Å². The molecule has 0 aromatic heterocycles. The fraction of sp³-hybridized carbons (Fsp3) is 0.385. The number of benzene rings is 2. The second-order valence-electron chi connectivity index (χ2n) is 9.47. The lowest BCUT2D eigenvalue weighted by Gasteiger charge is -2.47. The average Bonchev–Trinajstić information content (AvgIpc) is 3.00. The molecule has 0 aliphatic carbocycles. The lowest BCUT2D eigenvalue weighted by atomic mass is 9.79. The van der Waals surface area contributed by atoms with Crippen LogP contribution in [-0.2, 0) is 11.3 Å². The summed E-state index contributed by atoms with van der Waals surface area (Å²) in [5, 5.41) is 2.50. The standard InChI is InChI=1S/C26H29F2N3O2/c1-5-10-31-23-13-21(28)18(11-19(23)16(2)14-26(31,3)4)12-22-24(32)30(25(33)29-22)15-17-8-6-7-9-20(17)27/h6-9,11-13,16H,5,10,14-15H2,1-4H3,(H,29,33)/b22-12+. The first kappa shape index (κ1) is 23.0. The highest BCUT2D eigenvalue weighted by atomic mass is 19.1. The summed E-state index contributed by atoms with van der Waals surface area (Å²) in [4.78, 5) is 28.4. The van der Waals surface area contributed by atoms with E-state index in [0.717, 1.165) is 35.5 Å². The number of anilines is 1. The Morgan fingerprint density at radius 2 is 1.88 bits per heavy atom. The number of hydrogen-bond acceptors (Lipinski definition) is 3. The van der Waals surface area contributed by atoms with Gasteiger partial charge in [0, 0.05) is 28.9 Å². The number of amides is 3. The third-order valence-corrected chi connectivity index (χ3v) is 6.50. The fourth-order valence-electron chi connectivity index (χ4n) is 4.95. The number of carbonyl (C=O) groups is 2. The Labute approximate surface area is 193 Å². The van der Waals surface area contributed by atoms with Crippen molar-refractivity contribution in [3.63, 3.8) is 0 Å². The van der Waals surface area contributed by atoms with Gasteiger partial charge in [-0.2, -0.15) is 0 Å². The number of imide groups is 1. The molecular formula is C26H29F2N3O2. The number of halogens is 2. The highest BCUT2D eigenvalue weighted by Gasteiger charge is 2.37. The van der Waals surface area contributed by atoms with Crippen LogP contribution in [0, 0.1) is 11.6 Å². The maximum Gasteiger partial charge on any atom is 0.329 e. The van der Waals surface area contributed by atoms with E-state index in [2.05, 4.69) is 37.9 Å². The predicted molar refractivity (Wildman–Crippen MR) is 125 cm³/mol. The zero-order chi connectivity index (χ0) is 23.9. The van der Waals surface area contributed by atoms with Crippen molar-refractivity contribution in [2.45, 2.75) is 58.5 Å². The van der Waals surface area contributed by atoms with Crippen LogP contribution in [0.25, 0.3) is 6.08 Å². The summed E-state index contributed by atoms with van der Waals surface area (Å²) < 4.78 is 29.2. The van der Waals surface area contributed by atoms with Crippen LogP contribution in [0.5, 0.6) is 0 Å². The number of carbonyl (C=O) groups excluding carboxylic acids is 2. The Balaban J connectivity index is 1.66. The Bertz CT molecular complexity index is 1140. The summed E-state index contributed by atoms with van der Waals surface area (Å²) in [5.41, 5.74) is 2.27. The van der Waals surface area contributed by atoms with Crippen LogP contribution in [0.2, 0.25) is 0 Å². The average molecular weight is 454 g/mol. The second kappa shape index (κ2) is 8.61. The van der Waals surface area contributed by atoms with Gasteiger partial charge in [0.05, 0.1) is 6.54 Å². The highest BCUT2D eigenvalue weighted by molar-refractivity contribution is 6.13. The molecule has 2 aromatic carbocycles. The van der Waals surface area contributed by atoms with Crippen molar-refractivity contribution in [2.24, 2.45) is 0 Å². The molecule has 2 heterocycles. The van der Waals surface area contributed by atoms with Crippen LogP contribution in [0.3, 0.4) is 0 Å². The number of nitrogens with one attached hydrogen (secondary N) is 1. The molecule has 3 amide bonds. The summed E-state index contributed by atoms with van der Waals surface area (Å²) in [6.45, 7) is 9.20. The van der Waals surface area contributed by atoms with Crippen LogP contribution in [0.4, 0.5) is 19.3 Å². The summed E-state index contributed by atoms with van der Waals surface area (Å²) in [5.74, 6) is -1.35. The molecule has 0 radical (unpaired) electrons. The molecule has 1 atom stereocenters. The molecule has 0 bridgehead atoms. The van der Waals surface area contributed by atoms with E-state index in [9.17, 15) is 14.0 Å². The molecule has 1 N–H and O–H groups in total. The number of hydrogen-bond donors (Lipinski definition) is 1. The van der Waals surface area contributed by atoms with Crippen LogP contribution < -0.4 is 10.2 Å². The molecule has 5 nitrogen and oxygen atoms in total. The third kappa shape index (κ3) is 4.24. The van der Waals surface area contributed by atoms with E-state index >= 15 is 4.39 Å². The molecule has 2 aromatic rings. The van der Waals surface area contributed by atoms with E-state index in [4.69, 9.17) is 0 Å². The zero-order valence-electron chi connectivity index (χ0n) is 19.4. The van der Waals surface area contributed by atoms with E-state index in [1.54, 1.807) is 18.2 Å². The molecule has 0 saturated carbocycles. The van der Waals surface area contributed by atoms with E-state index in [1.807, 2.05) is 0 Å². The van der Waals surface area contributed by atoms with E-state index in [0.29, 0.717) is 0 Å². The fourth-order valence-corrected chi connectivity index (χ4v) is 4.95. The molecule has 1 unspecified atom stereocenters. The normalized spacial score (nSPS) is 20.9. The first-order chi connectivity index (χ1) is 15.6. The molecular weight excluding hydrogens is 424 g/mol. The van der Waals surface area contributed by atoms with E-state index < -0.39 is 23.6 Å². The van der Waals surface area contributed by atoms with Gasteiger partial charge in [-0.3, -0.25) is 9.69 Å². The quantitative estimate of drug-likeness (QED) is 0.476. The first-order valence-corrected chi connectivity index (χ1v) is 11.3. The van der Waals surface area contributed by atoms with Crippen LogP contribution in [0.15, 0.2) is 42.1 Å². The molecule has 0 spiro atoms. The summed E-state index contributed by atoms with van der Waals surface area (Å²) in [7, 11) is 0. The first-order valence-electron chi connectivity index (χ1n) is 11.3. The van der Waals surface area contributed by atoms with Crippen LogP contribution >= 0.6 is 0 Å². The highest BCUT2D eigenvalue weighted by Crippen LogP contribution is 2.44. The van der Waals surface area contributed by atoms with Crippen LogP contribution in [-0.4, -0.2) is 28.9 Å². The van der Waals surface area contributed by atoms with Gasteiger partial charge in [0.15, 0.2) is 0 Å². The van der Waals surface area contributed by atoms with Crippen molar-refractivity contribution in [3.8, 4) is 0 Å². The zero-order valence-corrected chi connectivity index (χ0v) is 19.4. The van der Waals surface area contributed by atoms with Gasteiger partial charge in [-0.1, -0.05) is 32.0 Å². The molecule has 2 aliphatic rings. The minimum Gasteiger partial charge on any atom is -0.366 e. The maximum atomic E-state index is 15.2. The van der Waals surface area contributed by atoms with Crippen molar-refractivity contribution in [1.29, 1.82) is 0 Å². The van der Waals surface area contributed by atoms with E-state index in [-0.39, 0.29) is 34.8 Å². The number of fused-ring (bicyclic) bond motifs is 1. The SMILES string of the molecule is CCCN1c2cc(F)c(/C=C3/NC(=O)N(Cc4ccccc4F)C3=O)cc2C(C)CC1(C)C. The largest absolute Gasteiger partial charge is 0.366 e. The number of urea groups is 1. The van der Waals surface area contributed by atoms with Crippen LogP contribution in [0.1, 0.15) is 63.1 Å². The Hall–Kier alpha value is -3.22. The Kier molecular flexibility index (Phi) is 5.99. The molecule has 2 aliphatic heterocycles. The topological polar surface area (TPSA) is 52.7 Å². The van der Waals surface area contributed by atoms with Crippen molar-refractivity contribution < 1.29 is 18.4 Å². The molecule has 1 saturated heterocycles. The number of nitrogens with zero attached hydrogens (tertiary/aromatic N) is 2. The van der Waals surface area contributed by atoms with Gasteiger partial charge in [-0.05, 0) is 62.4 Å². The Morgan fingerprint density at radius 1 is 1.15 bits per heavy atom. The third-order valence-electron chi connectivity index (χ3n) is 6.50. The van der Waals surface area contributed by atoms with Gasteiger partial charge in [0.1, 0.15) is 17.3 Å². The minimum atomic E-state index is -0.655. The second-order valence-corrected chi connectivity index (χ2v) is 9.47. The van der Waals surface area contributed by atoms with Crippen molar-refractivity contribution in [1.82, 2.24) is 10.2 Å².